The Balaban J connectivity index is 1.94. The second-order valence-corrected chi connectivity index (χ2v) is 7.61. The Morgan fingerprint density at radius 3 is 2.41 bits per heavy atom. The van der Waals surface area contributed by atoms with Crippen LogP contribution in [-0.2, 0) is 19.4 Å². The topological polar surface area (TPSA) is 75.7 Å². The Hall–Kier alpha value is -1.76. The summed E-state index contributed by atoms with van der Waals surface area (Å²) in [7, 11) is -2.87. The van der Waals surface area contributed by atoms with Gasteiger partial charge in [0.05, 0.1) is 18.1 Å². The molecule has 1 aliphatic heterocycles. The van der Waals surface area contributed by atoms with Crippen LogP contribution in [-0.4, -0.2) is 51.6 Å². The van der Waals surface area contributed by atoms with Crippen LogP contribution in [0.25, 0.3) is 0 Å². The molecule has 1 N–H and O–H groups in total. The number of carbonyl (C=O) groups excluding carboxylic acids is 1. The van der Waals surface area contributed by atoms with Crippen LogP contribution >= 0.6 is 0 Å². The molecule has 1 aromatic rings. The highest BCUT2D eigenvalue weighted by Gasteiger charge is 2.21. The van der Waals surface area contributed by atoms with Gasteiger partial charge in [0.2, 0.25) is 0 Å². The third-order valence-electron chi connectivity index (χ3n) is 3.60. The van der Waals surface area contributed by atoms with Crippen LogP contribution in [0.1, 0.15) is 13.8 Å². The van der Waals surface area contributed by atoms with Gasteiger partial charge in [0.1, 0.15) is 6.04 Å². The number of sulfone groups is 1. The Morgan fingerprint density at radius 1 is 1.27 bits per heavy atom. The molecule has 1 fully saturated rings. The van der Waals surface area contributed by atoms with Crippen LogP contribution < -0.4 is 10.2 Å². The fraction of sp³-hybridized carbons (Fsp3) is 0.533. The smallest absolute Gasteiger partial charge is 0.328 e. The molecule has 7 heteroatoms. The summed E-state index contributed by atoms with van der Waals surface area (Å²) in [6, 6.07) is 7.21. The maximum Gasteiger partial charge on any atom is 0.328 e. The summed E-state index contributed by atoms with van der Waals surface area (Å²) in [5.74, 6) is 0.118. The first-order chi connectivity index (χ1) is 10.4. The lowest BCUT2D eigenvalue weighted by Crippen LogP contribution is -2.40. The molecule has 0 bridgehead atoms. The number of hydrogen-bond acceptors (Lipinski definition) is 6. The number of hydrogen-bond donors (Lipinski definition) is 1. The van der Waals surface area contributed by atoms with Crippen molar-refractivity contribution in [2.45, 2.75) is 19.9 Å². The molecule has 1 atom stereocenters. The Labute approximate surface area is 131 Å². The van der Waals surface area contributed by atoms with Gasteiger partial charge in [0.15, 0.2) is 9.84 Å². The van der Waals surface area contributed by atoms with E-state index in [0.29, 0.717) is 19.7 Å². The van der Waals surface area contributed by atoms with Crippen LogP contribution in [0.5, 0.6) is 0 Å². The number of nitrogens with one attached hydrogen (secondary N) is 1. The van der Waals surface area contributed by atoms with Crippen molar-refractivity contribution in [3.8, 4) is 0 Å². The average Bonchev–Trinajstić information content (AvgIpc) is 2.48. The van der Waals surface area contributed by atoms with Crippen LogP contribution in [0, 0.1) is 0 Å². The minimum atomic E-state index is -2.87. The van der Waals surface area contributed by atoms with Gasteiger partial charge < -0.3 is 15.0 Å². The molecule has 122 valence electrons. The number of rotatable bonds is 5. The molecule has 0 radical (unpaired) electrons. The van der Waals surface area contributed by atoms with E-state index in [2.05, 4.69) is 10.2 Å². The summed E-state index contributed by atoms with van der Waals surface area (Å²) in [4.78, 5) is 13.6. The van der Waals surface area contributed by atoms with E-state index in [9.17, 15) is 13.2 Å². The van der Waals surface area contributed by atoms with E-state index in [1.54, 1.807) is 13.8 Å². The first kappa shape index (κ1) is 16.6. The van der Waals surface area contributed by atoms with E-state index in [1.165, 1.54) is 0 Å². The van der Waals surface area contributed by atoms with Gasteiger partial charge in [0.25, 0.3) is 0 Å². The zero-order valence-electron chi connectivity index (χ0n) is 12.9. The van der Waals surface area contributed by atoms with Crippen LogP contribution in [0.2, 0.25) is 0 Å². The third-order valence-corrected chi connectivity index (χ3v) is 5.21. The lowest BCUT2D eigenvalue weighted by molar-refractivity contribution is -0.143. The van der Waals surface area contributed by atoms with E-state index in [-0.39, 0.29) is 17.5 Å². The quantitative estimate of drug-likeness (QED) is 0.822. The van der Waals surface area contributed by atoms with Gasteiger partial charge in [-0.15, -0.1) is 0 Å². The van der Waals surface area contributed by atoms with Gasteiger partial charge in [-0.3, -0.25) is 0 Å². The van der Waals surface area contributed by atoms with Crippen molar-refractivity contribution < 1.29 is 17.9 Å². The number of ether oxygens (including phenoxy) is 1. The van der Waals surface area contributed by atoms with Gasteiger partial charge in [-0.1, -0.05) is 0 Å². The molecule has 1 saturated heterocycles. The molecule has 1 heterocycles. The maximum atomic E-state index is 11.6. The average molecular weight is 326 g/mol. The van der Waals surface area contributed by atoms with E-state index < -0.39 is 15.9 Å². The summed E-state index contributed by atoms with van der Waals surface area (Å²) >= 11 is 0. The molecule has 1 aromatic carbocycles. The molecule has 0 aliphatic carbocycles. The van der Waals surface area contributed by atoms with E-state index in [4.69, 9.17) is 4.74 Å². The monoisotopic (exact) mass is 326 g/mol. The zero-order valence-corrected chi connectivity index (χ0v) is 13.7. The van der Waals surface area contributed by atoms with Gasteiger partial charge in [0, 0.05) is 24.5 Å². The predicted molar refractivity (Wildman–Crippen MR) is 87.0 cm³/mol. The molecule has 0 aromatic heterocycles. The molecule has 1 unspecified atom stereocenters. The van der Waals surface area contributed by atoms with Crippen molar-refractivity contribution in [3.63, 3.8) is 0 Å². The molecule has 6 nitrogen and oxygen atoms in total. The lowest BCUT2D eigenvalue weighted by Gasteiger charge is -2.29. The minimum Gasteiger partial charge on any atom is -0.464 e. The standard InChI is InChI=1S/C15H22N2O4S/c1-3-21-15(18)12(2)16-13-4-6-14(7-5-13)17-8-10-22(19,20)11-9-17/h4-7,12,16H,3,8-11H2,1-2H3. The van der Waals surface area contributed by atoms with E-state index >= 15 is 0 Å². The van der Waals surface area contributed by atoms with Gasteiger partial charge in [-0.05, 0) is 38.1 Å². The molecular weight excluding hydrogens is 304 g/mol. The molecular formula is C15H22N2O4S. The van der Waals surface area contributed by atoms with Gasteiger partial charge in [-0.2, -0.15) is 0 Å². The zero-order chi connectivity index (χ0) is 16.2. The maximum absolute atomic E-state index is 11.6. The Kier molecular flexibility index (Phi) is 5.28. The number of esters is 1. The highest BCUT2D eigenvalue weighted by atomic mass is 32.2. The second-order valence-electron chi connectivity index (χ2n) is 5.30. The third kappa shape index (κ3) is 4.37. The number of benzene rings is 1. The molecule has 22 heavy (non-hydrogen) atoms. The summed E-state index contributed by atoms with van der Waals surface area (Å²) < 4.78 is 27.8. The van der Waals surface area contributed by atoms with Gasteiger partial charge >= 0.3 is 5.97 Å². The SMILES string of the molecule is CCOC(=O)C(C)Nc1ccc(N2CCS(=O)(=O)CC2)cc1. The highest BCUT2D eigenvalue weighted by Crippen LogP contribution is 2.20. The largest absolute Gasteiger partial charge is 0.464 e. The molecule has 0 spiro atoms. The van der Waals surface area contributed by atoms with Crippen LogP contribution in [0.3, 0.4) is 0 Å². The molecule has 0 amide bonds. The number of nitrogens with zero attached hydrogens (tertiary/aromatic N) is 1. The Bertz CT molecular complexity index is 599. The fourth-order valence-electron chi connectivity index (χ4n) is 2.32. The molecule has 2 rings (SSSR count). The second kappa shape index (κ2) is 7.00. The number of anilines is 2. The van der Waals surface area contributed by atoms with Crippen molar-refractivity contribution >= 4 is 27.2 Å². The summed E-state index contributed by atoms with van der Waals surface area (Å²) in [6.07, 6.45) is 0. The molecule has 0 saturated carbocycles. The predicted octanol–water partition coefficient (Wildman–Crippen LogP) is 1.28. The van der Waals surface area contributed by atoms with E-state index in [1.807, 2.05) is 24.3 Å². The molecule has 1 aliphatic rings. The summed E-state index contributed by atoms with van der Waals surface area (Å²) in [6.45, 7) is 4.93. The summed E-state index contributed by atoms with van der Waals surface area (Å²) in [5, 5.41) is 3.08. The minimum absolute atomic E-state index is 0.201. The van der Waals surface area contributed by atoms with Crippen molar-refractivity contribution in [1.29, 1.82) is 0 Å². The highest BCUT2D eigenvalue weighted by molar-refractivity contribution is 7.91. The normalized spacial score (nSPS) is 18.5. The summed E-state index contributed by atoms with van der Waals surface area (Å²) in [5.41, 5.74) is 1.82. The van der Waals surface area contributed by atoms with Crippen LogP contribution in [0.15, 0.2) is 24.3 Å². The van der Waals surface area contributed by atoms with E-state index in [0.717, 1.165) is 11.4 Å². The number of carbonyl (C=O) groups is 1. The first-order valence-corrected chi connectivity index (χ1v) is 9.22. The lowest BCUT2D eigenvalue weighted by atomic mass is 10.2. The van der Waals surface area contributed by atoms with Gasteiger partial charge in [-0.25, -0.2) is 13.2 Å². The van der Waals surface area contributed by atoms with Crippen molar-refractivity contribution in [2.24, 2.45) is 0 Å². The fourth-order valence-corrected chi connectivity index (χ4v) is 3.52. The van der Waals surface area contributed by atoms with Crippen LogP contribution in [0.4, 0.5) is 11.4 Å². The van der Waals surface area contributed by atoms with Crippen molar-refractivity contribution in [1.82, 2.24) is 0 Å². The Morgan fingerprint density at radius 2 is 1.86 bits per heavy atom. The van der Waals surface area contributed by atoms with Crippen molar-refractivity contribution in [2.75, 3.05) is 41.4 Å². The van der Waals surface area contributed by atoms with Crippen molar-refractivity contribution in [3.05, 3.63) is 24.3 Å². The first-order valence-electron chi connectivity index (χ1n) is 7.40.